The molecule has 0 atom stereocenters. The second-order valence-corrected chi connectivity index (χ2v) is 9.01. The van der Waals surface area contributed by atoms with Crippen molar-refractivity contribution in [2.45, 2.75) is 37.8 Å². The molecule has 0 saturated heterocycles. The smallest absolute Gasteiger partial charge is 0.233 e. The van der Waals surface area contributed by atoms with E-state index in [4.69, 9.17) is 15.3 Å². The van der Waals surface area contributed by atoms with Gasteiger partial charge < -0.3 is 9.64 Å². The molecule has 0 bridgehead atoms. The molecule has 1 aromatic heterocycles. The molecule has 0 spiro atoms. The summed E-state index contributed by atoms with van der Waals surface area (Å²) in [5.41, 5.74) is 2.97. The van der Waals surface area contributed by atoms with Crippen LogP contribution in [-0.4, -0.2) is 51.5 Å². The van der Waals surface area contributed by atoms with Crippen molar-refractivity contribution in [3.63, 3.8) is 0 Å². The highest BCUT2D eigenvalue weighted by atomic mass is 32.2. The number of nitrogens with zero attached hydrogens (tertiary/aromatic N) is 6. The van der Waals surface area contributed by atoms with Gasteiger partial charge in [-0.15, -0.1) is 10.2 Å². The van der Waals surface area contributed by atoms with Crippen LogP contribution in [0.25, 0.3) is 17.1 Å². The Kier molecular flexibility index (Phi) is 9.28. The zero-order valence-corrected chi connectivity index (χ0v) is 21.0. The number of carbonyl (C=O) groups excluding carboxylic acids is 1. The summed E-state index contributed by atoms with van der Waals surface area (Å²) in [5.74, 6) is 1.67. The lowest BCUT2D eigenvalue weighted by Gasteiger charge is -2.20. The van der Waals surface area contributed by atoms with Crippen LogP contribution < -0.4 is 4.74 Å². The number of benzene rings is 2. The van der Waals surface area contributed by atoms with Gasteiger partial charge in [-0.1, -0.05) is 43.8 Å². The fourth-order valence-electron chi connectivity index (χ4n) is 3.64. The highest BCUT2D eigenvalue weighted by Crippen LogP contribution is 2.32. The van der Waals surface area contributed by atoms with Crippen LogP contribution in [0.2, 0.25) is 0 Å². The molecule has 0 aliphatic heterocycles. The lowest BCUT2D eigenvalue weighted by atomic mass is 10.0. The Morgan fingerprint density at radius 1 is 1.06 bits per heavy atom. The topological polar surface area (TPSA) is 108 Å². The van der Waals surface area contributed by atoms with Crippen LogP contribution in [-0.2, 0) is 4.79 Å². The molecule has 0 radical (unpaired) electrons. The number of thioether (sulfide) groups is 1. The predicted molar refractivity (Wildman–Crippen MR) is 135 cm³/mol. The Balaban J connectivity index is 1.97. The van der Waals surface area contributed by atoms with E-state index < -0.39 is 0 Å². The van der Waals surface area contributed by atoms with Crippen LogP contribution in [0.4, 0.5) is 0 Å². The molecule has 0 N–H and O–H groups in total. The van der Waals surface area contributed by atoms with Crippen LogP contribution in [0.15, 0.2) is 53.7 Å². The van der Waals surface area contributed by atoms with E-state index in [-0.39, 0.29) is 30.4 Å². The summed E-state index contributed by atoms with van der Waals surface area (Å²) in [6, 6.07) is 19.8. The van der Waals surface area contributed by atoms with Crippen molar-refractivity contribution in [1.82, 2.24) is 19.7 Å². The maximum atomic E-state index is 12.9. The van der Waals surface area contributed by atoms with Gasteiger partial charge >= 0.3 is 0 Å². The van der Waals surface area contributed by atoms with Crippen molar-refractivity contribution in [2.24, 2.45) is 0 Å². The van der Waals surface area contributed by atoms with Crippen molar-refractivity contribution in [3.05, 3.63) is 54.1 Å². The zero-order valence-electron chi connectivity index (χ0n) is 20.1. The van der Waals surface area contributed by atoms with Gasteiger partial charge in [0.15, 0.2) is 11.0 Å². The third kappa shape index (κ3) is 6.40. The molecule has 2 aromatic carbocycles. The van der Waals surface area contributed by atoms with Crippen LogP contribution in [0, 0.1) is 22.7 Å². The first-order valence-corrected chi connectivity index (χ1v) is 12.3. The highest BCUT2D eigenvalue weighted by molar-refractivity contribution is 7.99. The van der Waals surface area contributed by atoms with E-state index in [1.54, 1.807) is 12.0 Å². The monoisotopic (exact) mass is 488 g/mol. The lowest BCUT2D eigenvalue weighted by Crippen LogP contribution is -2.34. The number of aromatic nitrogens is 3. The van der Waals surface area contributed by atoms with Gasteiger partial charge in [0.25, 0.3) is 0 Å². The van der Waals surface area contributed by atoms with Gasteiger partial charge in [-0.25, -0.2) is 0 Å². The summed E-state index contributed by atoms with van der Waals surface area (Å²) >= 11 is 1.30. The number of amides is 1. The number of hydrogen-bond acceptors (Lipinski definition) is 7. The minimum atomic E-state index is -0.141. The summed E-state index contributed by atoms with van der Waals surface area (Å²) in [6.07, 6.45) is 0.447. The molecule has 0 unspecified atom stereocenters. The number of rotatable bonds is 11. The summed E-state index contributed by atoms with van der Waals surface area (Å²) < 4.78 is 7.28. The second kappa shape index (κ2) is 12.6. The van der Waals surface area contributed by atoms with Crippen molar-refractivity contribution < 1.29 is 9.53 Å². The minimum absolute atomic E-state index is 0.126. The Morgan fingerprint density at radius 3 is 2.31 bits per heavy atom. The maximum Gasteiger partial charge on any atom is 0.233 e. The molecular formula is C26H28N6O2S. The quantitative estimate of drug-likeness (QED) is 0.356. The number of hydrogen-bond donors (Lipinski definition) is 0. The molecule has 1 amide bonds. The number of ether oxygens (including phenoxy) is 1. The Labute approximate surface area is 210 Å². The van der Waals surface area contributed by atoms with Gasteiger partial charge in [0.1, 0.15) is 5.75 Å². The van der Waals surface area contributed by atoms with Gasteiger partial charge in [-0.2, -0.15) is 10.5 Å². The number of carbonyl (C=O) groups is 1. The second-order valence-electron chi connectivity index (χ2n) is 8.07. The minimum Gasteiger partial charge on any atom is -0.497 e. The van der Waals surface area contributed by atoms with Crippen molar-refractivity contribution >= 4 is 17.7 Å². The molecule has 9 heteroatoms. The van der Waals surface area contributed by atoms with Gasteiger partial charge in [0, 0.05) is 18.7 Å². The molecule has 0 aliphatic carbocycles. The molecule has 0 saturated carbocycles. The highest BCUT2D eigenvalue weighted by Gasteiger charge is 2.21. The first-order valence-electron chi connectivity index (χ1n) is 11.3. The summed E-state index contributed by atoms with van der Waals surface area (Å²) in [5, 5.41) is 27.4. The van der Waals surface area contributed by atoms with Crippen LogP contribution in [0.5, 0.6) is 5.75 Å². The number of para-hydroxylation sites is 1. The molecule has 35 heavy (non-hydrogen) atoms. The fraction of sp³-hybridized carbons (Fsp3) is 0.346. The standard InChI is InChI=1S/C26H28N6O2S/c1-19(2)22-8-4-5-9-23(22)32-25(20-10-12-21(34-3)13-11-20)29-30-26(32)35-18-24(33)31(16-6-14-27)17-7-15-28/h4-5,8-13,19H,6-7,16-18H2,1-3H3. The largest absolute Gasteiger partial charge is 0.497 e. The number of nitriles is 2. The molecular weight excluding hydrogens is 460 g/mol. The van der Waals surface area contributed by atoms with E-state index in [2.05, 4.69) is 42.2 Å². The van der Waals surface area contributed by atoms with Crippen molar-refractivity contribution in [2.75, 3.05) is 26.0 Å². The first kappa shape index (κ1) is 25.8. The van der Waals surface area contributed by atoms with Gasteiger partial charge in [-0.05, 0) is 41.8 Å². The van der Waals surface area contributed by atoms with E-state index in [0.29, 0.717) is 24.1 Å². The SMILES string of the molecule is COc1ccc(-c2nnc(SCC(=O)N(CCC#N)CCC#N)n2-c2ccccc2C(C)C)cc1. The third-order valence-electron chi connectivity index (χ3n) is 5.45. The van der Waals surface area contributed by atoms with E-state index in [1.165, 1.54) is 11.8 Å². The molecule has 8 nitrogen and oxygen atoms in total. The number of methoxy groups -OCH3 is 1. The Bertz CT molecular complexity index is 1210. The molecule has 1 heterocycles. The first-order chi connectivity index (χ1) is 17.0. The summed E-state index contributed by atoms with van der Waals surface area (Å²) in [7, 11) is 1.62. The lowest BCUT2D eigenvalue weighted by molar-refractivity contribution is -0.128. The van der Waals surface area contributed by atoms with Gasteiger partial charge in [-0.3, -0.25) is 9.36 Å². The summed E-state index contributed by atoms with van der Waals surface area (Å²) in [4.78, 5) is 14.5. The zero-order chi connectivity index (χ0) is 25.2. The van der Waals surface area contributed by atoms with Gasteiger partial charge in [0.2, 0.25) is 5.91 Å². The average molecular weight is 489 g/mol. The van der Waals surface area contributed by atoms with Crippen LogP contribution in [0.1, 0.15) is 38.2 Å². The van der Waals surface area contributed by atoms with Gasteiger partial charge in [0.05, 0.1) is 43.5 Å². The van der Waals surface area contributed by atoms with Crippen molar-refractivity contribution in [1.29, 1.82) is 10.5 Å². The van der Waals surface area contributed by atoms with E-state index in [0.717, 1.165) is 22.6 Å². The van der Waals surface area contributed by atoms with E-state index in [9.17, 15) is 4.79 Å². The summed E-state index contributed by atoms with van der Waals surface area (Å²) in [6.45, 7) is 4.87. The molecule has 0 fully saturated rings. The predicted octanol–water partition coefficient (Wildman–Crippen LogP) is 4.81. The molecule has 3 aromatic rings. The van der Waals surface area contributed by atoms with Crippen LogP contribution in [0.3, 0.4) is 0 Å². The molecule has 0 aliphatic rings. The van der Waals surface area contributed by atoms with Crippen LogP contribution >= 0.6 is 11.8 Å². The normalized spacial score (nSPS) is 10.6. The Hall–Kier alpha value is -3.82. The molecule has 3 rings (SSSR count). The van der Waals surface area contributed by atoms with Crippen molar-refractivity contribution in [3.8, 4) is 35.0 Å². The maximum absolute atomic E-state index is 12.9. The fourth-order valence-corrected chi connectivity index (χ4v) is 4.48. The average Bonchev–Trinajstić information content (AvgIpc) is 3.31. The van der Waals surface area contributed by atoms with E-state index >= 15 is 0 Å². The van der Waals surface area contributed by atoms with E-state index in [1.807, 2.05) is 47.0 Å². The Morgan fingerprint density at radius 2 is 1.71 bits per heavy atom. The third-order valence-corrected chi connectivity index (χ3v) is 6.36. The molecule has 180 valence electrons.